The van der Waals surface area contributed by atoms with Crippen molar-refractivity contribution in [3.8, 4) is 0 Å². The molecule has 0 amide bonds. The first-order valence-electron chi connectivity index (χ1n) is 6.08. The van der Waals surface area contributed by atoms with E-state index < -0.39 is 30.4 Å². The summed E-state index contributed by atoms with van der Waals surface area (Å²) >= 11 is 0. The van der Waals surface area contributed by atoms with E-state index in [0.717, 1.165) is 25.7 Å². The van der Waals surface area contributed by atoms with Crippen molar-refractivity contribution in [2.45, 2.75) is 45.0 Å². The fourth-order valence-corrected chi connectivity index (χ4v) is 0.888. The molecule has 0 fully saturated rings. The van der Waals surface area contributed by atoms with E-state index in [9.17, 15) is 40.7 Å². The Labute approximate surface area is 126 Å². The third-order valence-electron chi connectivity index (χ3n) is 1.87. The molecule has 0 rings (SSSR count). The summed E-state index contributed by atoms with van der Waals surface area (Å²) in [6.45, 7) is 2.45. The number of hydrogen-bond acceptors (Lipinski definition) is 5. The minimum Gasteiger partial charge on any atom is -0.450 e. The van der Waals surface area contributed by atoms with Gasteiger partial charge < -0.3 is 14.6 Å². The molecule has 0 saturated carbocycles. The van der Waals surface area contributed by atoms with Crippen molar-refractivity contribution >= 4 is 18.1 Å². The molecule has 0 aromatic carbocycles. The summed E-state index contributed by atoms with van der Waals surface area (Å²) in [6, 6.07) is 0. The van der Waals surface area contributed by atoms with Gasteiger partial charge in [-0.05, 0) is 6.42 Å². The maximum atomic E-state index is 11.2. The van der Waals surface area contributed by atoms with Crippen LogP contribution in [0, 0.1) is 0 Å². The zero-order valence-corrected chi connectivity index (χ0v) is 11.8. The van der Waals surface area contributed by atoms with Gasteiger partial charge in [-0.2, -0.15) is 26.3 Å². The SMILES string of the molecule is CCCCCCOC(=O)O.O=C(OC(=O)C(F)(F)F)C(F)(F)F. The predicted octanol–water partition coefficient (Wildman–Crippen LogP) is 3.44. The Hall–Kier alpha value is -2.01. The highest BCUT2D eigenvalue weighted by Gasteiger charge is 2.49. The Balaban J connectivity index is 0. The first-order chi connectivity index (χ1) is 10.3. The minimum absolute atomic E-state index is 0.343. The lowest BCUT2D eigenvalue weighted by atomic mass is 10.2. The molecule has 0 heterocycles. The first kappa shape index (κ1) is 23.3. The molecule has 12 heteroatoms. The van der Waals surface area contributed by atoms with E-state index in [-0.39, 0.29) is 0 Å². The molecular formula is C11H14F6O6. The monoisotopic (exact) mass is 356 g/mol. The molecule has 0 aromatic heterocycles. The van der Waals surface area contributed by atoms with Gasteiger partial charge in [-0.25, -0.2) is 14.4 Å². The number of carbonyl (C=O) groups is 3. The Kier molecular flexibility index (Phi) is 10.8. The lowest BCUT2D eigenvalue weighted by molar-refractivity contribution is -0.221. The van der Waals surface area contributed by atoms with E-state index in [2.05, 4.69) is 16.4 Å². The van der Waals surface area contributed by atoms with Crippen LogP contribution in [0.5, 0.6) is 0 Å². The van der Waals surface area contributed by atoms with Gasteiger partial charge in [0, 0.05) is 0 Å². The Morgan fingerprint density at radius 1 is 0.870 bits per heavy atom. The summed E-state index contributed by atoms with van der Waals surface area (Å²) in [5.74, 6) is -6.40. The van der Waals surface area contributed by atoms with Crippen molar-refractivity contribution in [2.75, 3.05) is 6.61 Å². The fraction of sp³-hybridized carbons (Fsp3) is 0.727. The second-order valence-corrected chi connectivity index (χ2v) is 3.85. The third-order valence-corrected chi connectivity index (χ3v) is 1.87. The van der Waals surface area contributed by atoms with E-state index in [0.29, 0.717) is 6.61 Å². The summed E-state index contributed by atoms with van der Waals surface area (Å²) < 4.78 is 74.0. The zero-order chi connectivity index (χ0) is 18.7. The lowest BCUT2D eigenvalue weighted by Gasteiger charge is -2.06. The van der Waals surface area contributed by atoms with Crippen LogP contribution in [0.1, 0.15) is 32.6 Å². The lowest BCUT2D eigenvalue weighted by Crippen LogP contribution is -2.34. The average Bonchev–Trinajstić information content (AvgIpc) is 2.36. The molecule has 6 nitrogen and oxygen atoms in total. The van der Waals surface area contributed by atoms with Gasteiger partial charge in [0.1, 0.15) is 0 Å². The third kappa shape index (κ3) is 14.7. The molecule has 136 valence electrons. The summed E-state index contributed by atoms with van der Waals surface area (Å²) in [7, 11) is 0. The van der Waals surface area contributed by atoms with Gasteiger partial charge >= 0.3 is 30.4 Å². The minimum atomic E-state index is -5.62. The number of alkyl halides is 6. The van der Waals surface area contributed by atoms with Gasteiger partial charge in [0.05, 0.1) is 6.61 Å². The van der Waals surface area contributed by atoms with Crippen molar-refractivity contribution < 1.29 is 55.3 Å². The highest BCUT2D eigenvalue weighted by molar-refractivity contribution is 5.90. The Morgan fingerprint density at radius 2 is 1.30 bits per heavy atom. The summed E-state index contributed by atoms with van der Waals surface area (Å²) in [5, 5.41) is 8.05. The molecule has 0 bridgehead atoms. The molecule has 0 spiro atoms. The molecule has 0 radical (unpaired) electrons. The summed E-state index contributed by atoms with van der Waals surface area (Å²) in [4.78, 5) is 29.1. The first-order valence-corrected chi connectivity index (χ1v) is 6.08. The molecule has 0 aromatic rings. The summed E-state index contributed by atoms with van der Waals surface area (Å²) in [6.07, 6.45) is -8.20. The normalized spacial score (nSPS) is 11.1. The van der Waals surface area contributed by atoms with Crippen LogP contribution in [0.4, 0.5) is 31.1 Å². The van der Waals surface area contributed by atoms with Gasteiger partial charge in [-0.1, -0.05) is 26.2 Å². The fourth-order valence-electron chi connectivity index (χ4n) is 0.888. The van der Waals surface area contributed by atoms with E-state index in [1.165, 1.54) is 0 Å². The van der Waals surface area contributed by atoms with Crippen molar-refractivity contribution in [3.63, 3.8) is 0 Å². The molecule has 0 aliphatic rings. The van der Waals surface area contributed by atoms with Gasteiger partial charge in [0.2, 0.25) is 0 Å². The smallest absolute Gasteiger partial charge is 0.450 e. The average molecular weight is 356 g/mol. The van der Waals surface area contributed by atoms with Crippen molar-refractivity contribution in [1.82, 2.24) is 0 Å². The molecule has 0 aliphatic heterocycles. The predicted molar refractivity (Wildman–Crippen MR) is 61.3 cm³/mol. The number of ether oxygens (including phenoxy) is 2. The van der Waals surface area contributed by atoms with E-state index >= 15 is 0 Å². The van der Waals surface area contributed by atoms with Crippen LogP contribution in [0.3, 0.4) is 0 Å². The van der Waals surface area contributed by atoms with E-state index in [4.69, 9.17) is 5.11 Å². The maximum Gasteiger partial charge on any atom is 0.505 e. The standard InChI is InChI=1S/C7H14O3.C4F6O3/c1-2-3-4-5-6-10-7(8)9;5-3(6,7)1(11)13-2(12)4(8,9)10/h2-6H2,1H3,(H,8,9);. The molecule has 1 N–H and O–H groups in total. The largest absolute Gasteiger partial charge is 0.505 e. The number of halogens is 6. The molecule has 0 aliphatic carbocycles. The molecule has 23 heavy (non-hydrogen) atoms. The molecule has 0 saturated heterocycles. The van der Waals surface area contributed by atoms with Gasteiger partial charge in [0.15, 0.2) is 0 Å². The van der Waals surface area contributed by atoms with Crippen LogP contribution in [-0.4, -0.2) is 42.2 Å². The second kappa shape index (κ2) is 10.7. The molecular weight excluding hydrogens is 342 g/mol. The van der Waals surface area contributed by atoms with Crippen molar-refractivity contribution in [2.24, 2.45) is 0 Å². The quantitative estimate of drug-likeness (QED) is 0.351. The zero-order valence-electron chi connectivity index (χ0n) is 11.8. The molecule has 0 atom stereocenters. The van der Waals surface area contributed by atoms with Gasteiger partial charge in [-0.3, -0.25) is 0 Å². The van der Waals surface area contributed by atoms with Crippen LogP contribution >= 0.6 is 0 Å². The van der Waals surface area contributed by atoms with Crippen LogP contribution in [0.2, 0.25) is 0 Å². The number of hydrogen-bond donors (Lipinski definition) is 1. The maximum absolute atomic E-state index is 11.2. The number of rotatable bonds is 5. The Morgan fingerprint density at radius 3 is 1.61 bits per heavy atom. The van der Waals surface area contributed by atoms with Crippen LogP contribution < -0.4 is 0 Å². The van der Waals surface area contributed by atoms with Crippen LogP contribution in [-0.2, 0) is 19.1 Å². The van der Waals surface area contributed by atoms with Crippen molar-refractivity contribution in [1.29, 1.82) is 0 Å². The number of carbonyl (C=O) groups excluding carboxylic acids is 2. The van der Waals surface area contributed by atoms with Crippen LogP contribution in [0.25, 0.3) is 0 Å². The van der Waals surface area contributed by atoms with Gasteiger partial charge in [0.25, 0.3) is 0 Å². The van der Waals surface area contributed by atoms with E-state index in [1.807, 2.05) is 0 Å². The number of unbranched alkanes of at least 4 members (excludes halogenated alkanes) is 3. The van der Waals surface area contributed by atoms with Gasteiger partial charge in [-0.15, -0.1) is 0 Å². The Bertz CT molecular complexity index is 365. The van der Waals surface area contributed by atoms with E-state index in [1.54, 1.807) is 0 Å². The molecule has 0 unspecified atom stereocenters. The van der Waals surface area contributed by atoms with Crippen LogP contribution in [0.15, 0.2) is 0 Å². The number of carboxylic acid groups (broad SMARTS) is 1. The van der Waals surface area contributed by atoms with Crippen molar-refractivity contribution in [3.05, 3.63) is 0 Å². The second-order valence-electron chi connectivity index (χ2n) is 3.85. The highest BCUT2D eigenvalue weighted by Crippen LogP contribution is 2.21. The highest BCUT2D eigenvalue weighted by atomic mass is 19.4. The topological polar surface area (TPSA) is 89.9 Å². The number of esters is 2. The summed E-state index contributed by atoms with van der Waals surface area (Å²) in [5.41, 5.74) is 0.